The Morgan fingerprint density at radius 2 is 2.29 bits per heavy atom. The molecule has 6 heteroatoms. The Bertz CT molecular complexity index is 567. The van der Waals surface area contributed by atoms with Crippen LogP contribution in [0.2, 0.25) is 0 Å². The van der Waals surface area contributed by atoms with Crippen LogP contribution in [-0.4, -0.2) is 25.7 Å². The molecule has 0 amide bonds. The summed E-state index contributed by atoms with van der Waals surface area (Å²) in [6, 6.07) is 2.77. The quantitative estimate of drug-likeness (QED) is 0.668. The number of aryl methyl sites for hydroxylation is 1. The van der Waals surface area contributed by atoms with Crippen LogP contribution in [0.3, 0.4) is 0 Å². The molecule has 2 rings (SSSR count). The van der Waals surface area contributed by atoms with E-state index in [-0.39, 0.29) is 16.8 Å². The van der Waals surface area contributed by atoms with Crippen LogP contribution in [0.4, 0.5) is 0 Å². The first-order valence-electron chi connectivity index (χ1n) is 3.91. The minimum Gasteiger partial charge on any atom is -0.477 e. The summed E-state index contributed by atoms with van der Waals surface area (Å²) >= 11 is 0. The minimum atomic E-state index is -1.11. The van der Waals surface area contributed by atoms with Gasteiger partial charge in [0.25, 0.3) is 5.56 Å². The number of nitrogens with zero attached hydrogens (tertiary/aromatic N) is 2. The van der Waals surface area contributed by atoms with Gasteiger partial charge in [-0.2, -0.15) is 5.10 Å². The maximum absolute atomic E-state index is 11.3. The fourth-order valence-electron chi connectivity index (χ4n) is 1.27. The van der Waals surface area contributed by atoms with Crippen molar-refractivity contribution in [3.8, 4) is 0 Å². The Labute approximate surface area is 77.8 Å². The first kappa shape index (κ1) is 8.49. The van der Waals surface area contributed by atoms with E-state index in [0.29, 0.717) is 5.82 Å². The molecule has 0 radical (unpaired) electrons. The molecule has 0 aliphatic carbocycles. The molecule has 72 valence electrons. The molecule has 0 atom stereocenters. The SMILES string of the molecule is Cc1nn2c(C(=O)O)ccc2c(=O)[nH]1. The highest BCUT2D eigenvalue weighted by molar-refractivity contribution is 5.87. The molecule has 0 saturated heterocycles. The summed E-state index contributed by atoms with van der Waals surface area (Å²) in [6.07, 6.45) is 0. The average molecular weight is 193 g/mol. The molecule has 2 aromatic heterocycles. The Hall–Kier alpha value is -2.11. The highest BCUT2D eigenvalue weighted by atomic mass is 16.4. The normalized spacial score (nSPS) is 10.6. The van der Waals surface area contributed by atoms with Gasteiger partial charge in [0.15, 0.2) is 5.69 Å². The lowest BCUT2D eigenvalue weighted by atomic mass is 10.4. The number of fused-ring (bicyclic) bond motifs is 1. The molecule has 14 heavy (non-hydrogen) atoms. The monoisotopic (exact) mass is 193 g/mol. The molecular weight excluding hydrogens is 186 g/mol. The lowest BCUT2D eigenvalue weighted by Crippen LogP contribution is -2.16. The van der Waals surface area contributed by atoms with Gasteiger partial charge in [-0.05, 0) is 19.1 Å². The van der Waals surface area contributed by atoms with Gasteiger partial charge in [0.1, 0.15) is 11.3 Å². The van der Waals surface area contributed by atoms with E-state index in [4.69, 9.17) is 5.11 Å². The summed E-state index contributed by atoms with van der Waals surface area (Å²) in [4.78, 5) is 24.5. The van der Waals surface area contributed by atoms with Crippen LogP contribution in [0.1, 0.15) is 16.3 Å². The van der Waals surface area contributed by atoms with E-state index < -0.39 is 5.97 Å². The number of rotatable bonds is 1. The number of H-pyrrole nitrogens is 1. The fourth-order valence-corrected chi connectivity index (χ4v) is 1.27. The van der Waals surface area contributed by atoms with Gasteiger partial charge >= 0.3 is 5.97 Å². The number of hydrogen-bond donors (Lipinski definition) is 2. The van der Waals surface area contributed by atoms with Crippen molar-refractivity contribution < 1.29 is 9.90 Å². The van der Waals surface area contributed by atoms with E-state index in [1.54, 1.807) is 6.92 Å². The van der Waals surface area contributed by atoms with Crippen molar-refractivity contribution in [2.75, 3.05) is 0 Å². The van der Waals surface area contributed by atoms with Gasteiger partial charge < -0.3 is 10.1 Å². The minimum absolute atomic E-state index is 0.0193. The fraction of sp³-hybridized carbons (Fsp3) is 0.125. The standard InChI is InChI=1S/C8H7N3O3/c1-4-9-7(12)5-2-3-6(8(13)14)11(5)10-4/h2-3H,1H3,(H,13,14)(H,9,10,12). The summed E-state index contributed by atoms with van der Waals surface area (Å²) < 4.78 is 1.12. The van der Waals surface area contributed by atoms with Crippen LogP contribution in [-0.2, 0) is 0 Å². The first-order valence-corrected chi connectivity index (χ1v) is 3.91. The third kappa shape index (κ3) is 1.08. The van der Waals surface area contributed by atoms with E-state index in [1.165, 1.54) is 12.1 Å². The number of hydrogen-bond acceptors (Lipinski definition) is 3. The molecule has 0 unspecified atom stereocenters. The van der Waals surface area contributed by atoms with Crippen molar-refractivity contribution in [3.63, 3.8) is 0 Å². The Balaban J connectivity index is 2.92. The lowest BCUT2D eigenvalue weighted by molar-refractivity contribution is 0.0688. The molecule has 0 aliphatic rings. The number of aromatic amines is 1. The molecule has 2 heterocycles. The van der Waals surface area contributed by atoms with E-state index >= 15 is 0 Å². The van der Waals surface area contributed by atoms with Crippen molar-refractivity contribution >= 4 is 11.5 Å². The number of nitrogens with one attached hydrogen (secondary N) is 1. The topological polar surface area (TPSA) is 87.5 Å². The molecular formula is C8H7N3O3. The van der Waals surface area contributed by atoms with Crippen LogP contribution in [0.5, 0.6) is 0 Å². The molecule has 2 aromatic rings. The Kier molecular flexibility index (Phi) is 1.63. The van der Waals surface area contributed by atoms with Gasteiger partial charge in [-0.1, -0.05) is 0 Å². The van der Waals surface area contributed by atoms with Gasteiger partial charge in [0, 0.05) is 0 Å². The third-order valence-electron chi connectivity index (χ3n) is 1.85. The van der Waals surface area contributed by atoms with Crippen molar-refractivity contribution in [1.82, 2.24) is 14.6 Å². The summed E-state index contributed by atoms with van der Waals surface area (Å²) in [5.41, 5.74) is -0.132. The van der Waals surface area contributed by atoms with Crippen LogP contribution in [0, 0.1) is 6.92 Å². The van der Waals surface area contributed by atoms with Crippen LogP contribution >= 0.6 is 0 Å². The van der Waals surface area contributed by atoms with Gasteiger partial charge in [-0.15, -0.1) is 0 Å². The predicted octanol–water partition coefficient (Wildman–Crippen LogP) is 0.0292. The van der Waals surface area contributed by atoms with Gasteiger partial charge in [0.2, 0.25) is 0 Å². The molecule has 6 nitrogen and oxygen atoms in total. The molecule has 0 fully saturated rings. The number of aromatic nitrogens is 3. The van der Waals surface area contributed by atoms with Gasteiger partial charge in [-0.25, -0.2) is 9.31 Å². The van der Waals surface area contributed by atoms with Crippen molar-refractivity contribution in [2.45, 2.75) is 6.92 Å². The maximum Gasteiger partial charge on any atom is 0.354 e. The molecule has 0 aromatic carbocycles. The Morgan fingerprint density at radius 3 is 2.93 bits per heavy atom. The van der Waals surface area contributed by atoms with Crippen LogP contribution in [0.15, 0.2) is 16.9 Å². The van der Waals surface area contributed by atoms with E-state index in [2.05, 4.69) is 10.1 Å². The average Bonchev–Trinajstić information content (AvgIpc) is 2.47. The van der Waals surface area contributed by atoms with Gasteiger partial charge in [0.05, 0.1) is 0 Å². The largest absolute Gasteiger partial charge is 0.477 e. The van der Waals surface area contributed by atoms with Crippen LogP contribution in [0.25, 0.3) is 5.52 Å². The van der Waals surface area contributed by atoms with Crippen molar-refractivity contribution in [1.29, 1.82) is 0 Å². The summed E-state index contributed by atoms with van der Waals surface area (Å²) in [5.74, 6) is -0.733. The van der Waals surface area contributed by atoms with E-state index in [1.807, 2.05) is 0 Å². The molecule has 2 N–H and O–H groups in total. The second-order valence-corrected chi connectivity index (χ2v) is 2.86. The number of carbonyl (C=O) groups is 1. The zero-order valence-electron chi connectivity index (χ0n) is 7.31. The van der Waals surface area contributed by atoms with E-state index in [9.17, 15) is 9.59 Å². The number of aromatic carboxylic acids is 1. The summed E-state index contributed by atoms with van der Waals surface area (Å²) in [7, 11) is 0. The lowest BCUT2D eigenvalue weighted by Gasteiger charge is -1.97. The number of carboxylic acids is 1. The van der Waals surface area contributed by atoms with Crippen LogP contribution < -0.4 is 5.56 Å². The molecule has 0 saturated carbocycles. The van der Waals surface area contributed by atoms with Crippen molar-refractivity contribution in [2.24, 2.45) is 0 Å². The van der Waals surface area contributed by atoms with E-state index in [0.717, 1.165) is 4.52 Å². The third-order valence-corrected chi connectivity index (χ3v) is 1.85. The second-order valence-electron chi connectivity index (χ2n) is 2.86. The summed E-state index contributed by atoms with van der Waals surface area (Å²) in [5, 5.41) is 12.7. The zero-order chi connectivity index (χ0) is 10.3. The first-order chi connectivity index (χ1) is 6.59. The van der Waals surface area contributed by atoms with Crippen molar-refractivity contribution in [3.05, 3.63) is 34.0 Å². The highest BCUT2D eigenvalue weighted by Crippen LogP contribution is 2.03. The molecule has 0 aliphatic heterocycles. The maximum atomic E-state index is 11.3. The zero-order valence-corrected chi connectivity index (χ0v) is 7.31. The molecule has 0 spiro atoms. The van der Waals surface area contributed by atoms with Gasteiger partial charge in [-0.3, -0.25) is 4.79 Å². The smallest absolute Gasteiger partial charge is 0.354 e. The Morgan fingerprint density at radius 1 is 1.57 bits per heavy atom. The number of carboxylic acid groups (broad SMARTS) is 1. The highest BCUT2D eigenvalue weighted by Gasteiger charge is 2.11. The second kappa shape index (κ2) is 2.69. The predicted molar refractivity (Wildman–Crippen MR) is 47.5 cm³/mol. The molecule has 0 bridgehead atoms. The summed E-state index contributed by atoms with van der Waals surface area (Å²) in [6.45, 7) is 1.59.